The third kappa shape index (κ3) is 5.11. The summed E-state index contributed by atoms with van der Waals surface area (Å²) >= 11 is 3.61. The van der Waals surface area contributed by atoms with Gasteiger partial charge in [0.2, 0.25) is 0 Å². The van der Waals surface area contributed by atoms with Gasteiger partial charge in [0.25, 0.3) is 5.91 Å². The number of halogens is 1. The van der Waals surface area contributed by atoms with Crippen LogP contribution in [0.15, 0.2) is 59.2 Å². The first kappa shape index (κ1) is 25.4. The Bertz CT molecular complexity index is 1460. The molecule has 0 bridgehead atoms. The summed E-state index contributed by atoms with van der Waals surface area (Å²) in [5, 5.41) is 14.3. The first-order valence-corrected chi connectivity index (χ1v) is 13.3. The first-order chi connectivity index (χ1) is 17.9. The highest BCUT2D eigenvalue weighted by molar-refractivity contribution is 9.10. The van der Waals surface area contributed by atoms with E-state index in [9.17, 15) is 9.90 Å². The molecule has 0 fully saturated rings. The van der Waals surface area contributed by atoms with Crippen molar-refractivity contribution in [3.63, 3.8) is 0 Å². The molecular weight excluding hydrogens is 532 g/mol. The van der Waals surface area contributed by atoms with Gasteiger partial charge in [0.1, 0.15) is 11.5 Å². The van der Waals surface area contributed by atoms with Gasteiger partial charge in [-0.1, -0.05) is 18.2 Å². The van der Waals surface area contributed by atoms with Crippen LogP contribution in [0.3, 0.4) is 0 Å². The lowest BCUT2D eigenvalue weighted by atomic mass is 9.84. The van der Waals surface area contributed by atoms with Crippen LogP contribution in [-0.2, 0) is 19.3 Å². The van der Waals surface area contributed by atoms with Gasteiger partial charge >= 0.3 is 0 Å². The van der Waals surface area contributed by atoms with Gasteiger partial charge < -0.3 is 24.9 Å². The maximum absolute atomic E-state index is 13.6. The maximum Gasteiger partial charge on any atom is 0.255 e. The summed E-state index contributed by atoms with van der Waals surface area (Å²) in [4.78, 5) is 16.9. The molecule has 3 aromatic carbocycles. The molecule has 0 saturated heterocycles. The molecule has 6 nitrogen and oxygen atoms in total. The normalized spacial score (nSPS) is 13.2. The zero-order valence-corrected chi connectivity index (χ0v) is 22.8. The van der Waals surface area contributed by atoms with Gasteiger partial charge in [-0.15, -0.1) is 0 Å². The molecule has 1 aromatic heterocycles. The number of carbonyl (C=O) groups is 1. The van der Waals surface area contributed by atoms with Gasteiger partial charge in [-0.3, -0.25) is 4.79 Å². The lowest BCUT2D eigenvalue weighted by Crippen LogP contribution is -2.39. The molecule has 37 heavy (non-hydrogen) atoms. The average Bonchev–Trinajstić information content (AvgIpc) is 3.29. The second-order valence-corrected chi connectivity index (χ2v) is 10.6. The topological polar surface area (TPSA) is 83.6 Å². The zero-order chi connectivity index (χ0) is 26.1. The van der Waals surface area contributed by atoms with Crippen molar-refractivity contribution in [1.29, 1.82) is 0 Å². The minimum atomic E-state index is -0.444. The van der Waals surface area contributed by atoms with Gasteiger partial charge in [-0.2, -0.15) is 0 Å². The number of hydrogen-bond donors (Lipinski definition) is 3. The number of fused-ring (bicyclic) bond motifs is 4. The Hall–Kier alpha value is -3.29. The van der Waals surface area contributed by atoms with E-state index in [1.807, 2.05) is 56.4 Å². The summed E-state index contributed by atoms with van der Waals surface area (Å²) in [6.45, 7) is 3.73. The van der Waals surface area contributed by atoms with E-state index in [0.29, 0.717) is 17.7 Å². The average molecular weight is 563 g/mol. The first-order valence-electron chi connectivity index (χ1n) is 12.5. The Labute approximate surface area is 225 Å². The fraction of sp³-hybridized carbons (Fsp3) is 0.300. The second kappa shape index (κ2) is 10.6. The van der Waals surface area contributed by atoms with E-state index >= 15 is 0 Å². The number of amides is 1. The van der Waals surface area contributed by atoms with E-state index in [2.05, 4.69) is 38.4 Å². The molecule has 3 N–H and O–H groups in total. The molecule has 4 aromatic rings. The van der Waals surface area contributed by atoms with Crippen molar-refractivity contribution in [2.75, 3.05) is 13.7 Å². The van der Waals surface area contributed by atoms with Crippen molar-refractivity contribution < 1.29 is 19.4 Å². The highest BCUT2D eigenvalue weighted by atomic mass is 79.9. The summed E-state index contributed by atoms with van der Waals surface area (Å²) in [5.74, 6) is 1.09. The van der Waals surface area contributed by atoms with Crippen LogP contribution >= 0.6 is 15.9 Å². The van der Waals surface area contributed by atoms with Gasteiger partial charge in [0, 0.05) is 17.1 Å². The number of carbonyl (C=O) groups excluding carboxylic acids is 1. The fourth-order valence-electron chi connectivity index (χ4n) is 5.08. The summed E-state index contributed by atoms with van der Waals surface area (Å²) in [7, 11) is 1.66. The van der Waals surface area contributed by atoms with Crippen LogP contribution in [-0.4, -0.2) is 41.9 Å². The summed E-state index contributed by atoms with van der Waals surface area (Å²) in [6, 6.07) is 15.6. The summed E-state index contributed by atoms with van der Waals surface area (Å²) < 4.78 is 12.5. The van der Waals surface area contributed by atoms with E-state index in [4.69, 9.17) is 9.47 Å². The molecule has 192 valence electrons. The van der Waals surface area contributed by atoms with Crippen LogP contribution in [0.1, 0.15) is 40.9 Å². The molecule has 1 aliphatic carbocycles. The Morgan fingerprint density at radius 3 is 2.49 bits per heavy atom. The molecule has 1 heterocycles. The van der Waals surface area contributed by atoms with E-state index < -0.39 is 6.04 Å². The van der Waals surface area contributed by atoms with Crippen LogP contribution in [0.2, 0.25) is 0 Å². The van der Waals surface area contributed by atoms with Crippen molar-refractivity contribution in [2.24, 2.45) is 0 Å². The molecule has 0 saturated carbocycles. The van der Waals surface area contributed by atoms with Crippen molar-refractivity contribution >= 4 is 32.7 Å². The third-order valence-electron chi connectivity index (χ3n) is 6.84. The molecule has 0 spiro atoms. The molecule has 0 radical (unpaired) electrons. The number of aromatic amines is 1. The number of hydrogen-bond acceptors (Lipinski definition) is 4. The van der Waals surface area contributed by atoms with Crippen molar-refractivity contribution in [1.82, 2.24) is 10.3 Å². The van der Waals surface area contributed by atoms with Gasteiger partial charge in [0.05, 0.1) is 35.9 Å². The number of aromatic nitrogens is 1. The van der Waals surface area contributed by atoms with Crippen LogP contribution in [0.25, 0.3) is 22.0 Å². The number of ether oxygens (including phenoxy) is 2. The lowest BCUT2D eigenvalue weighted by molar-refractivity contribution is 0.0910. The predicted molar refractivity (Wildman–Crippen MR) is 150 cm³/mol. The summed E-state index contributed by atoms with van der Waals surface area (Å²) in [5.41, 5.74) is 6.97. The number of benzene rings is 3. The number of H-pyrrole nitrogens is 1. The third-order valence-corrected chi connectivity index (χ3v) is 7.46. The largest absolute Gasteiger partial charge is 0.496 e. The molecular formula is C30H31BrN2O4. The van der Waals surface area contributed by atoms with E-state index in [1.165, 1.54) is 5.56 Å². The van der Waals surface area contributed by atoms with Gasteiger partial charge in [-0.05, 0) is 107 Å². The van der Waals surface area contributed by atoms with Gasteiger partial charge in [-0.25, -0.2) is 0 Å². The van der Waals surface area contributed by atoms with Crippen LogP contribution in [0.5, 0.6) is 11.5 Å². The molecule has 1 atom stereocenters. The minimum absolute atomic E-state index is 0.0845. The Balaban J connectivity index is 1.48. The van der Waals surface area contributed by atoms with Crippen molar-refractivity contribution in [3.8, 4) is 22.6 Å². The second-order valence-electron chi connectivity index (χ2n) is 9.73. The molecule has 0 unspecified atom stereocenters. The molecule has 7 heteroatoms. The van der Waals surface area contributed by atoms with Crippen LogP contribution in [0.4, 0.5) is 0 Å². The molecule has 1 aliphatic rings. The Morgan fingerprint density at radius 2 is 1.78 bits per heavy atom. The van der Waals surface area contributed by atoms with Crippen LogP contribution in [0, 0.1) is 0 Å². The van der Waals surface area contributed by atoms with Gasteiger partial charge in [0.15, 0.2) is 0 Å². The number of nitrogens with one attached hydrogen (secondary N) is 2. The highest BCUT2D eigenvalue weighted by Gasteiger charge is 2.25. The Morgan fingerprint density at radius 1 is 1.08 bits per heavy atom. The molecule has 1 amide bonds. The minimum Gasteiger partial charge on any atom is -0.496 e. The highest BCUT2D eigenvalue weighted by Crippen LogP contribution is 2.41. The zero-order valence-electron chi connectivity index (χ0n) is 21.2. The van der Waals surface area contributed by atoms with E-state index in [-0.39, 0.29) is 18.6 Å². The smallest absolute Gasteiger partial charge is 0.255 e. The predicted octanol–water partition coefficient (Wildman–Crippen LogP) is 5.83. The Kier molecular flexibility index (Phi) is 7.26. The SMILES string of the molecule is COc1cc2c(cc1Br)-c1cc(C(=O)N[C@@H](CO)Cc3c[nH]c4ccccc34)c(OC(C)C)cc1CC2. The quantitative estimate of drug-likeness (QED) is 0.252. The number of rotatable bonds is 8. The maximum atomic E-state index is 13.6. The van der Waals surface area contributed by atoms with Crippen LogP contribution < -0.4 is 14.8 Å². The van der Waals surface area contributed by atoms with Crippen molar-refractivity contribution in [3.05, 3.63) is 81.5 Å². The van der Waals surface area contributed by atoms with Crippen molar-refractivity contribution in [2.45, 2.75) is 45.3 Å². The fourth-order valence-corrected chi connectivity index (χ4v) is 5.58. The standard InChI is InChI=1S/C30H31BrN2O4/c1-17(2)37-28-11-18-8-9-19-12-29(36-3)26(31)14-24(19)23(18)13-25(28)30(35)33-21(16-34)10-20-15-32-27-7-5-4-6-22(20)27/h4-7,11-15,17,21,32,34H,8-10,16H2,1-3H3,(H,33,35)/t21-/m1/s1. The summed E-state index contributed by atoms with van der Waals surface area (Å²) in [6.07, 6.45) is 4.10. The number of aliphatic hydroxyl groups is 1. The number of aryl methyl sites for hydroxylation is 2. The van der Waals surface area contributed by atoms with E-state index in [0.717, 1.165) is 56.2 Å². The molecule has 0 aliphatic heterocycles. The number of aliphatic hydroxyl groups excluding tert-OH is 1. The number of methoxy groups -OCH3 is 1. The monoisotopic (exact) mass is 562 g/mol. The molecule has 5 rings (SSSR count). The lowest BCUT2D eigenvalue weighted by Gasteiger charge is -2.25. The number of para-hydroxylation sites is 1. The van der Waals surface area contributed by atoms with E-state index in [1.54, 1.807) is 7.11 Å².